The molecule has 2 atom stereocenters. The van der Waals surface area contributed by atoms with E-state index in [0.29, 0.717) is 5.92 Å². The molecule has 5 heteroatoms. The minimum absolute atomic E-state index is 0.336. The highest BCUT2D eigenvalue weighted by Crippen LogP contribution is 2.30. The van der Waals surface area contributed by atoms with Crippen LogP contribution >= 0.6 is 11.8 Å². The number of aliphatic hydroxyl groups is 1. The van der Waals surface area contributed by atoms with Gasteiger partial charge in [0.25, 0.3) is 0 Å². The van der Waals surface area contributed by atoms with Gasteiger partial charge in [-0.2, -0.15) is 0 Å². The number of piperidine rings is 1. The molecule has 2 heterocycles. The van der Waals surface area contributed by atoms with Crippen LogP contribution in [0.2, 0.25) is 0 Å². The van der Waals surface area contributed by atoms with Crippen LogP contribution in [-0.4, -0.2) is 38.7 Å². The fraction of sp³-hybridized carbons (Fsp3) is 0.500. The molecule has 2 aromatic rings. The van der Waals surface area contributed by atoms with Crippen LogP contribution < -0.4 is 0 Å². The van der Waals surface area contributed by atoms with Crippen LogP contribution in [0.1, 0.15) is 37.8 Å². The second kappa shape index (κ2) is 8.30. The zero-order chi connectivity index (χ0) is 17.7. The van der Waals surface area contributed by atoms with E-state index in [4.69, 9.17) is 0 Å². The number of likely N-dealkylation sites (tertiary alicyclic amines) is 1. The molecule has 1 saturated heterocycles. The Morgan fingerprint density at radius 3 is 2.60 bits per heavy atom. The number of benzene rings is 1. The van der Waals surface area contributed by atoms with Gasteiger partial charge in [-0.3, -0.25) is 4.90 Å². The van der Waals surface area contributed by atoms with Crippen molar-refractivity contribution in [1.82, 2.24) is 14.9 Å². The summed E-state index contributed by atoms with van der Waals surface area (Å²) in [5.41, 5.74) is 1.89. The Morgan fingerprint density at radius 1 is 1.20 bits per heavy atom. The summed E-state index contributed by atoms with van der Waals surface area (Å²) in [6.07, 6.45) is 5.72. The third kappa shape index (κ3) is 5.03. The molecule has 0 saturated carbocycles. The van der Waals surface area contributed by atoms with E-state index in [0.717, 1.165) is 48.9 Å². The van der Waals surface area contributed by atoms with Crippen LogP contribution in [0.5, 0.6) is 0 Å². The van der Waals surface area contributed by atoms with Crippen molar-refractivity contribution in [1.29, 1.82) is 0 Å². The molecule has 0 bridgehead atoms. The van der Waals surface area contributed by atoms with Gasteiger partial charge in [-0.1, -0.05) is 49.0 Å². The number of aromatic nitrogens is 2. The Labute approximate surface area is 154 Å². The largest absolute Gasteiger partial charge is 0.390 e. The summed E-state index contributed by atoms with van der Waals surface area (Å²) in [5.74, 6) is 1.22. The van der Waals surface area contributed by atoms with E-state index in [-0.39, 0.29) is 0 Å². The lowest BCUT2D eigenvalue weighted by Gasteiger charge is -2.42. The number of thioether (sulfide) groups is 1. The summed E-state index contributed by atoms with van der Waals surface area (Å²) in [5, 5.41) is 11.3. The fourth-order valence-electron chi connectivity index (χ4n) is 3.38. The van der Waals surface area contributed by atoms with Crippen LogP contribution in [0.15, 0.2) is 47.9 Å². The smallest absolute Gasteiger partial charge is 0.187 e. The molecule has 1 aromatic heterocycles. The number of rotatable bonds is 6. The zero-order valence-corrected chi connectivity index (χ0v) is 15.9. The van der Waals surface area contributed by atoms with Gasteiger partial charge in [0.2, 0.25) is 0 Å². The van der Waals surface area contributed by atoms with Gasteiger partial charge in [-0.25, -0.2) is 9.97 Å². The summed E-state index contributed by atoms with van der Waals surface area (Å²) in [6, 6.07) is 10.4. The molecule has 1 aromatic carbocycles. The third-order valence-corrected chi connectivity index (χ3v) is 6.03. The first-order chi connectivity index (χ1) is 12.1. The van der Waals surface area contributed by atoms with Crippen molar-refractivity contribution < 1.29 is 5.11 Å². The Balaban J connectivity index is 1.52. The quantitative estimate of drug-likeness (QED) is 0.630. The second-order valence-electron chi connectivity index (χ2n) is 7.10. The highest BCUT2D eigenvalue weighted by molar-refractivity contribution is 7.98. The SMILES string of the molecule is CC[C@@H]1CN(Cc2cnc(SCc3ccccc3)nc2)CC[C@]1(C)O. The third-order valence-electron chi connectivity index (χ3n) is 5.08. The molecule has 0 radical (unpaired) electrons. The monoisotopic (exact) mass is 357 g/mol. The lowest BCUT2D eigenvalue weighted by molar-refractivity contribution is -0.0608. The Morgan fingerprint density at radius 2 is 1.92 bits per heavy atom. The normalized spacial score (nSPS) is 24.4. The maximum Gasteiger partial charge on any atom is 0.187 e. The van der Waals surface area contributed by atoms with E-state index in [9.17, 15) is 5.11 Å². The average molecular weight is 358 g/mol. The maximum atomic E-state index is 10.5. The Kier molecular flexibility index (Phi) is 6.10. The molecule has 1 N–H and O–H groups in total. The maximum absolute atomic E-state index is 10.5. The first-order valence-electron chi connectivity index (χ1n) is 8.99. The first-order valence-corrected chi connectivity index (χ1v) is 9.98. The van der Waals surface area contributed by atoms with Gasteiger partial charge < -0.3 is 5.11 Å². The van der Waals surface area contributed by atoms with E-state index in [1.807, 2.05) is 25.4 Å². The topological polar surface area (TPSA) is 49.2 Å². The van der Waals surface area contributed by atoms with E-state index in [1.54, 1.807) is 11.8 Å². The van der Waals surface area contributed by atoms with Gasteiger partial charge in [0.05, 0.1) is 5.60 Å². The van der Waals surface area contributed by atoms with Crippen molar-refractivity contribution in [3.05, 3.63) is 53.9 Å². The van der Waals surface area contributed by atoms with Crippen LogP contribution in [0.25, 0.3) is 0 Å². The summed E-state index contributed by atoms with van der Waals surface area (Å²) in [4.78, 5) is 11.4. The lowest BCUT2D eigenvalue weighted by Crippen LogP contribution is -2.49. The number of hydrogen-bond acceptors (Lipinski definition) is 5. The number of hydrogen-bond donors (Lipinski definition) is 1. The summed E-state index contributed by atoms with van der Waals surface area (Å²) in [6.45, 7) is 6.85. The molecule has 1 fully saturated rings. The standard InChI is InChI=1S/C20H27N3OS/c1-3-18-14-23(10-9-20(18,2)24)13-17-11-21-19(22-12-17)25-15-16-7-5-4-6-8-16/h4-8,11-12,18,24H,3,9-10,13-15H2,1-2H3/t18-,20+/m1/s1. The summed E-state index contributed by atoms with van der Waals surface area (Å²) < 4.78 is 0. The van der Waals surface area contributed by atoms with E-state index in [2.05, 4.69) is 46.1 Å². The Bertz CT molecular complexity index is 660. The highest BCUT2D eigenvalue weighted by Gasteiger charge is 2.36. The van der Waals surface area contributed by atoms with Gasteiger partial charge >= 0.3 is 0 Å². The van der Waals surface area contributed by atoms with E-state index in [1.165, 1.54) is 5.56 Å². The van der Waals surface area contributed by atoms with Crippen LogP contribution in [0, 0.1) is 5.92 Å². The van der Waals surface area contributed by atoms with Crippen LogP contribution in [0.3, 0.4) is 0 Å². The van der Waals surface area contributed by atoms with Crippen LogP contribution in [0.4, 0.5) is 0 Å². The average Bonchev–Trinajstić information content (AvgIpc) is 2.63. The predicted octanol–water partition coefficient (Wildman–Crippen LogP) is 3.75. The summed E-state index contributed by atoms with van der Waals surface area (Å²) in [7, 11) is 0. The second-order valence-corrected chi connectivity index (χ2v) is 8.04. The zero-order valence-electron chi connectivity index (χ0n) is 15.1. The van der Waals surface area contributed by atoms with Gasteiger partial charge in [0.15, 0.2) is 5.16 Å². The predicted molar refractivity (Wildman–Crippen MR) is 102 cm³/mol. The van der Waals surface area contributed by atoms with Crippen molar-refractivity contribution in [3.8, 4) is 0 Å². The molecule has 4 nitrogen and oxygen atoms in total. The molecule has 1 aliphatic rings. The Hall–Kier alpha value is -1.43. The van der Waals surface area contributed by atoms with Crippen molar-refractivity contribution in [2.24, 2.45) is 5.92 Å². The molecule has 0 aliphatic carbocycles. The van der Waals surface area contributed by atoms with Gasteiger partial charge in [-0.05, 0) is 31.2 Å². The molecular formula is C20H27N3OS. The van der Waals surface area contributed by atoms with Crippen LogP contribution in [-0.2, 0) is 12.3 Å². The molecule has 134 valence electrons. The van der Waals surface area contributed by atoms with Gasteiger partial charge in [-0.15, -0.1) is 0 Å². The first kappa shape index (κ1) is 18.4. The minimum Gasteiger partial charge on any atom is -0.390 e. The summed E-state index contributed by atoms with van der Waals surface area (Å²) >= 11 is 1.66. The number of nitrogens with zero attached hydrogens (tertiary/aromatic N) is 3. The molecule has 0 unspecified atom stereocenters. The minimum atomic E-state index is -0.528. The van der Waals surface area contributed by atoms with Crippen molar-refractivity contribution in [2.45, 2.75) is 49.7 Å². The van der Waals surface area contributed by atoms with Gasteiger partial charge in [0, 0.05) is 43.3 Å². The van der Waals surface area contributed by atoms with Crippen molar-refractivity contribution in [3.63, 3.8) is 0 Å². The highest BCUT2D eigenvalue weighted by atomic mass is 32.2. The molecule has 0 amide bonds. The fourth-order valence-corrected chi connectivity index (χ4v) is 4.12. The van der Waals surface area contributed by atoms with Crippen molar-refractivity contribution in [2.75, 3.05) is 13.1 Å². The van der Waals surface area contributed by atoms with E-state index < -0.39 is 5.60 Å². The van der Waals surface area contributed by atoms with Gasteiger partial charge in [0.1, 0.15) is 0 Å². The molecule has 25 heavy (non-hydrogen) atoms. The molecule has 0 spiro atoms. The molecular weight excluding hydrogens is 330 g/mol. The van der Waals surface area contributed by atoms with Crippen molar-refractivity contribution >= 4 is 11.8 Å². The molecule has 3 rings (SSSR count). The lowest BCUT2D eigenvalue weighted by atomic mass is 9.81. The molecule has 1 aliphatic heterocycles. The van der Waals surface area contributed by atoms with E-state index >= 15 is 0 Å².